The van der Waals surface area contributed by atoms with Crippen LogP contribution in [-0.2, 0) is 0 Å². The van der Waals surface area contributed by atoms with E-state index in [0.29, 0.717) is 5.56 Å². The number of benzene rings is 2. The quantitative estimate of drug-likeness (QED) is 0.778. The maximum atomic E-state index is 12.3. The van der Waals surface area contributed by atoms with Crippen molar-refractivity contribution in [3.05, 3.63) is 113 Å². The first-order valence-electron chi connectivity index (χ1n) is 10.1. The number of allylic oxidation sites excluding steroid dienone is 3. The Morgan fingerprint density at radius 2 is 1.90 bits per heavy atom. The molecule has 0 fully saturated rings. The third-order valence-corrected chi connectivity index (χ3v) is 5.99. The first-order chi connectivity index (χ1) is 14.6. The molecule has 2 atom stereocenters. The first kappa shape index (κ1) is 17.1. The van der Waals surface area contributed by atoms with Crippen LogP contribution in [-0.4, -0.2) is 11.5 Å². The number of fused-ring (bicyclic) bond motifs is 3. The fraction of sp³-hybridized carbons (Fsp3) is 0.115. The van der Waals surface area contributed by atoms with Crippen LogP contribution >= 0.6 is 0 Å². The van der Waals surface area contributed by atoms with Gasteiger partial charge in [-0.2, -0.15) is 0 Å². The lowest BCUT2D eigenvalue weighted by atomic mass is 9.76. The van der Waals surface area contributed by atoms with E-state index in [4.69, 9.17) is 9.47 Å². The number of nitrogens with one attached hydrogen (secondary N) is 1. The number of carbonyl (C=O) groups excluding carboxylic acids is 1. The summed E-state index contributed by atoms with van der Waals surface area (Å²) in [5.74, 6) is 2.20. The average molecular weight is 393 g/mol. The van der Waals surface area contributed by atoms with Crippen molar-refractivity contribution in [2.45, 2.75) is 18.6 Å². The molecule has 0 bridgehead atoms. The SMILES string of the molecule is CC1NC(=O)c2ccc3c(c21)OC12C=C(Oc4ccccc4)C=CC1=CC=CC2=C3. The third-order valence-electron chi connectivity index (χ3n) is 5.99. The van der Waals surface area contributed by atoms with Gasteiger partial charge in [0.1, 0.15) is 17.3 Å². The van der Waals surface area contributed by atoms with E-state index in [-0.39, 0.29) is 11.9 Å². The van der Waals surface area contributed by atoms with Crippen LogP contribution in [0.3, 0.4) is 0 Å². The van der Waals surface area contributed by atoms with Crippen molar-refractivity contribution in [2.75, 3.05) is 0 Å². The van der Waals surface area contributed by atoms with Crippen LogP contribution in [0, 0.1) is 0 Å². The lowest BCUT2D eigenvalue weighted by Gasteiger charge is -2.41. The van der Waals surface area contributed by atoms with Crippen LogP contribution in [0.4, 0.5) is 0 Å². The summed E-state index contributed by atoms with van der Waals surface area (Å²) in [7, 11) is 0. The summed E-state index contributed by atoms with van der Waals surface area (Å²) in [6.45, 7) is 1.99. The molecular weight excluding hydrogens is 374 g/mol. The number of amides is 1. The van der Waals surface area contributed by atoms with Crippen molar-refractivity contribution >= 4 is 12.0 Å². The molecule has 0 saturated heterocycles. The molecule has 2 aliphatic carbocycles. The second-order valence-corrected chi connectivity index (χ2v) is 7.85. The molecule has 4 nitrogen and oxygen atoms in total. The van der Waals surface area contributed by atoms with Gasteiger partial charge < -0.3 is 14.8 Å². The minimum Gasteiger partial charge on any atom is -0.472 e. The molecule has 0 radical (unpaired) electrons. The molecule has 30 heavy (non-hydrogen) atoms. The number of carbonyl (C=O) groups is 1. The minimum atomic E-state index is -0.777. The molecule has 2 aliphatic heterocycles. The van der Waals surface area contributed by atoms with Gasteiger partial charge in [0.25, 0.3) is 5.91 Å². The highest BCUT2D eigenvalue weighted by Crippen LogP contribution is 2.49. The third kappa shape index (κ3) is 2.37. The van der Waals surface area contributed by atoms with Crippen molar-refractivity contribution in [1.29, 1.82) is 0 Å². The summed E-state index contributed by atoms with van der Waals surface area (Å²) < 4.78 is 12.9. The van der Waals surface area contributed by atoms with Crippen LogP contribution in [0.5, 0.6) is 11.5 Å². The fourth-order valence-electron chi connectivity index (χ4n) is 4.57. The fourth-order valence-corrected chi connectivity index (χ4v) is 4.57. The highest BCUT2D eigenvalue weighted by molar-refractivity contribution is 6.00. The second kappa shape index (κ2) is 6.10. The maximum Gasteiger partial charge on any atom is 0.252 e. The maximum absolute atomic E-state index is 12.3. The highest BCUT2D eigenvalue weighted by Gasteiger charge is 2.45. The van der Waals surface area contributed by atoms with Gasteiger partial charge in [-0.3, -0.25) is 4.79 Å². The lowest BCUT2D eigenvalue weighted by molar-refractivity contribution is 0.0958. The van der Waals surface area contributed by atoms with Gasteiger partial charge >= 0.3 is 0 Å². The zero-order chi connectivity index (χ0) is 20.3. The van der Waals surface area contributed by atoms with Crippen LogP contribution in [0.2, 0.25) is 0 Å². The molecule has 2 aromatic rings. The van der Waals surface area contributed by atoms with Gasteiger partial charge in [-0.05, 0) is 37.3 Å². The Bertz CT molecular complexity index is 1250. The van der Waals surface area contributed by atoms with Crippen molar-refractivity contribution in [3.8, 4) is 11.5 Å². The van der Waals surface area contributed by atoms with Crippen LogP contribution in [0.25, 0.3) is 6.08 Å². The number of hydrogen-bond acceptors (Lipinski definition) is 3. The van der Waals surface area contributed by atoms with Crippen molar-refractivity contribution in [3.63, 3.8) is 0 Å². The smallest absolute Gasteiger partial charge is 0.252 e. The van der Waals surface area contributed by atoms with E-state index in [0.717, 1.165) is 39.5 Å². The Kier molecular flexibility index (Phi) is 3.48. The van der Waals surface area contributed by atoms with Crippen molar-refractivity contribution < 1.29 is 14.3 Å². The van der Waals surface area contributed by atoms with Gasteiger partial charge in [0.15, 0.2) is 5.60 Å². The zero-order valence-corrected chi connectivity index (χ0v) is 16.4. The van der Waals surface area contributed by atoms with Gasteiger partial charge in [-0.25, -0.2) is 0 Å². The molecular formula is C26H19NO3. The largest absolute Gasteiger partial charge is 0.472 e. The van der Waals surface area contributed by atoms with E-state index in [1.165, 1.54) is 0 Å². The van der Waals surface area contributed by atoms with E-state index in [9.17, 15) is 4.79 Å². The molecule has 2 unspecified atom stereocenters. The molecule has 6 rings (SSSR count). The van der Waals surface area contributed by atoms with Crippen LogP contribution < -0.4 is 14.8 Å². The zero-order valence-electron chi connectivity index (χ0n) is 16.4. The number of ether oxygens (including phenoxy) is 2. The summed E-state index contributed by atoms with van der Waals surface area (Å²) >= 11 is 0. The summed E-state index contributed by atoms with van der Waals surface area (Å²) in [6, 6.07) is 13.5. The molecule has 2 aromatic carbocycles. The molecule has 1 N–H and O–H groups in total. The molecule has 4 aliphatic rings. The van der Waals surface area contributed by atoms with E-state index in [1.54, 1.807) is 0 Å². The molecule has 0 aromatic heterocycles. The Morgan fingerprint density at radius 3 is 2.77 bits per heavy atom. The summed E-state index contributed by atoms with van der Waals surface area (Å²) in [5, 5.41) is 2.99. The van der Waals surface area contributed by atoms with Gasteiger partial charge in [0.2, 0.25) is 0 Å². The molecule has 1 spiro atoms. The summed E-state index contributed by atoms with van der Waals surface area (Å²) in [5.41, 5.74) is 3.88. The normalized spacial score (nSPS) is 24.9. The van der Waals surface area contributed by atoms with E-state index >= 15 is 0 Å². The topological polar surface area (TPSA) is 47.6 Å². The summed E-state index contributed by atoms with van der Waals surface area (Å²) in [6.07, 6.45) is 14.3. The van der Waals surface area contributed by atoms with Crippen molar-refractivity contribution in [2.24, 2.45) is 0 Å². The Hall–Kier alpha value is -3.79. The number of rotatable bonds is 2. The predicted molar refractivity (Wildman–Crippen MR) is 115 cm³/mol. The standard InChI is InChI=1S/C26H19NO3/c1-16-23-22(25(28)27-16)13-10-17-14-19-7-5-6-18-11-12-21(15-26(18,19)30-24(17)23)29-20-8-3-2-4-9-20/h2-16H,1H3,(H,27,28). The van der Waals surface area contributed by atoms with Gasteiger partial charge in [-0.15, -0.1) is 0 Å². The number of para-hydroxylation sites is 1. The minimum absolute atomic E-state index is 0.0531. The van der Waals surface area contributed by atoms with Crippen LogP contribution in [0.15, 0.2) is 95.8 Å². The summed E-state index contributed by atoms with van der Waals surface area (Å²) in [4.78, 5) is 12.3. The van der Waals surface area contributed by atoms with Crippen molar-refractivity contribution in [1.82, 2.24) is 5.32 Å². The Labute approximate surface area is 174 Å². The van der Waals surface area contributed by atoms with Crippen LogP contribution in [0.1, 0.15) is 34.5 Å². The number of hydrogen-bond donors (Lipinski definition) is 1. The highest BCUT2D eigenvalue weighted by atomic mass is 16.5. The average Bonchev–Trinajstić information content (AvgIpc) is 3.05. The molecule has 0 saturated carbocycles. The van der Waals surface area contributed by atoms with E-state index in [2.05, 4.69) is 23.5 Å². The monoisotopic (exact) mass is 393 g/mol. The molecule has 4 heteroatoms. The van der Waals surface area contributed by atoms with E-state index in [1.807, 2.05) is 73.7 Å². The lowest BCUT2D eigenvalue weighted by Crippen LogP contribution is -2.42. The van der Waals surface area contributed by atoms with Gasteiger partial charge in [0, 0.05) is 33.9 Å². The first-order valence-corrected chi connectivity index (χ1v) is 10.1. The molecule has 1 amide bonds. The second-order valence-electron chi connectivity index (χ2n) is 7.85. The van der Waals surface area contributed by atoms with Gasteiger partial charge in [-0.1, -0.05) is 48.6 Å². The Balaban J connectivity index is 1.50. The predicted octanol–water partition coefficient (Wildman–Crippen LogP) is 5.03. The molecule has 146 valence electrons. The van der Waals surface area contributed by atoms with Gasteiger partial charge in [0.05, 0.1) is 6.04 Å². The Morgan fingerprint density at radius 1 is 1.03 bits per heavy atom. The van der Waals surface area contributed by atoms with E-state index < -0.39 is 5.60 Å². The molecule has 2 heterocycles.